The molecule has 1 unspecified atom stereocenters. The maximum atomic E-state index is 15.6. The lowest BCUT2D eigenvalue weighted by Crippen LogP contribution is -2.48. The number of nitrogens with zero attached hydrogens (tertiary/aromatic N) is 4. The number of pyridine rings is 1. The number of nitrogens with one attached hydrogen (secondary N) is 1. The van der Waals surface area contributed by atoms with Crippen LogP contribution in [0.2, 0.25) is 0 Å². The molecule has 144 valence electrons. The van der Waals surface area contributed by atoms with Gasteiger partial charge in [0, 0.05) is 34.7 Å². The standard InChI is InChI=1S/C19H17BrFN5O2/c20-14-3-1-4-15(11-14)23-18(27)26-10-2-7-19(21,12-26)17-24-16(25-28-17)13-5-8-22-9-6-13/h1,3-6,8-9,11H,2,7,10,12H2,(H,23,27). The van der Waals surface area contributed by atoms with Crippen molar-refractivity contribution < 1.29 is 13.7 Å². The molecule has 1 saturated heterocycles. The monoisotopic (exact) mass is 445 g/mol. The first-order valence-corrected chi connectivity index (χ1v) is 9.58. The zero-order chi connectivity index (χ0) is 19.6. The highest BCUT2D eigenvalue weighted by Crippen LogP contribution is 2.35. The van der Waals surface area contributed by atoms with Crippen molar-refractivity contribution in [3.8, 4) is 11.4 Å². The number of amides is 2. The van der Waals surface area contributed by atoms with E-state index >= 15 is 4.39 Å². The van der Waals surface area contributed by atoms with Crippen molar-refractivity contribution >= 4 is 27.6 Å². The maximum Gasteiger partial charge on any atom is 0.321 e. The van der Waals surface area contributed by atoms with Crippen molar-refractivity contribution in [1.29, 1.82) is 0 Å². The lowest BCUT2D eigenvalue weighted by atomic mass is 9.94. The third-order valence-electron chi connectivity index (χ3n) is 4.55. The predicted octanol–water partition coefficient (Wildman–Crippen LogP) is 4.39. The summed E-state index contributed by atoms with van der Waals surface area (Å²) in [5.41, 5.74) is -0.564. The molecular formula is C19H17BrFN5O2. The second-order valence-electron chi connectivity index (χ2n) is 6.59. The summed E-state index contributed by atoms with van der Waals surface area (Å²) < 4.78 is 21.7. The number of aromatic nitrogens is 3. The minimum absolute atomic E-state index is 0.112. The number of likely N-dealkylation sites (tertiary alicyclic amines) is 1. The number of anilines is 1. The number of carbonyl (C=O) groups is 1. The van der Waals surface area contributed by atoms with Gasteiger partial charge in [0.25, 0.3) is 5.89 Å². The molecule has 28 heavy (non-hydrogen) atoms. The van der Waals surface area contributed by atoms with Crippen LogP contribution in [0.25, 0.3) is 11.4 Å². The topological polar surface area (TPSA) is 84.2 Å². The Balaban J connectivity index is 1.49. The van der Waals surface area contributed by atoms with Crippen LogP contribution in [0.15, 0.2) is 57.8 Å². The minimum Gasteiger partial charge on any atom is -0.335 e. The van der Waals surface area contributed by atoms with Gasteiger partial charge in [-0.2, -0.15) is 4.98 Å². The molecule has 1 aromatic carbocycles. The highest BCUT2D eigenvalue weighted by molar-refractivity contribution is 9.10. The fourth-order valence-electron chi connectivity index (χ4n) is 3.15. The van der Waals surface area contributed by atoms with Crippen molar-refractivity contribution in [3.05, 3.63) is 59.2 Å². The van der Waals surface area contributed by atoms with Crippen LogP contribution in [0, 0.1) is 0 Å². The first kappa shape index (κ1) is 18.5. The second-order valence-corrected chi connectivity index (χ2v) is 7.51. The van der Waals surface area contributed by atoms with Gasteiger partial charge in [-0.15, -0.1) is 0 Å². The van der Waals surface area contributed by atoms with Crippen molar-refractivity contribution in [2.45, 2.75) is 18.5 Å². The number of benzene rings is 1. The molecule has 1 atom stereocenters. The third-order valence-corrected chi connectivity index (χ3v) is 5.05. The molecule has 3 heterocycles. The first-order chi connectivity index (χ1) is 13.5. The number of rotatable bonds is 3. The smallest absolute Gasteiger partial charge is 0.321 e. The van der Waals surface area contributed by atoms with Crippen LogP contribution in [0.1, 0.15) is 18.7 Å². The fourth-order valence-corrected chi connectivity index (χ4v) is 3.55. The normalized spacial score (nSPS) is 19.4. The maximum absolute atomic E-state index is 15.6. The summed E-state index contributed by atoms with van der Waals surface area (Å²) in [4.78, 5) is 22.2. The van der Waals surface area contributed by atoms with Gasteiger partial charge < -0.3 is 14.7 Å². The van der Waals surface area contributed by atoms with E-state index in [4.69, 9.17) is 4.52 Å². The lowest BCUT2D eigenvalue weighted by molar-refractivity contribution is 0.0333. The van der Waals surface area contributed by atoms with Gasteiger partial charge in [-0.1, -0.05) is 27.2 Å². The van der Waals surface area contributed by atoms with Gasteiger partial charge in [-0.3, -0.25) is 4.98 Å². The zero-order valence-electron chi connectivity index (χ0n) is 14.8. The van der Waals surface area contributed by atoms with Gasteiger partial charge in [0.05, 0.1) is 6.54 Å². The summed E-state index contributed by atoms with van der Waals surface area (Å²) >= 11 is 3.36. The molecule has 1 aliphatic heterocycles. The van der Waals surface area contributed by atoms with Crippen LogP contribution < -0.4 is 5.32 Å². The van der Waals surface area contributed by atoms with Crippen LogP contribution in [0.3, 0.4) is 0 Å². The summed E-state index contributed by atoms with van der Waals surface area (Å²) in [6, 6.07) is 10.3. The largest absolute Gasteiger partial charge is 0.335 e. The summed E-state index contributed by atoms with van der Waals surface area (Å²) in [6.07, 6.45) is 3.91. The predicted molar refractivity (Wildman–Crippen MR) is 104 cm³/mol. The molecule has 0 bridgehead atoms. The average molecular weight is 446 g/mol. The number of piperidine rings is 1. The Bertz CT molecular complexity index is 983. The summed E-state index contributed by atoms with van der Waals surface area (Å²) in [5.74, 6) is 0.185. The highest BCUT2D eigenvalue weighted by atomic mass is 79.9. The third kappa shape index (κ3) is 3.89. The number of carbonyl (C=O) groups excluding carboxylic acids is 1. The Morgan fingerprint density at radius 1 is 1.29 bits per heavy atom. The SMILES string of the molecule is O=C(Nc1cccc(Br)c1)N1CCCC(F)(c2nc(-c3ccncc3)no2)C1. The van der Waals surface area contributed by atoms with Crippen molar-refractivity contribution in [3.63, 3.8) is 0 Å². The zero-order valence-corrected chi connectivity index (χ0v) is 16.4. The van der Waals surface area contributed by atoms with Crippen LogP contribution >= 0.6 is 15.9 Å². The molecule has 9 heteroatoms. The van der Waals surface area contributed by atoms with Gasteiger partial charge in [0.15, 0.2) is 0 Å². The van der Waals surface area contributed by atoms with Gasteiger partial charge in [-0.25, -0.2) is 9.18 Å². The molecule has 7 nitrogen and oxygen atoms in total. The van der Waals surface area contributed by atoms with Gasteiger partial charge in [0.1, 0.15) is 0 Å². The van der Waals surface area contributed by atoms with Crippen LogP contribution in [0.4, 0.5) is 14.9 Å². The lowest BCUT2D eigenvalue weighted by Gasteiger charge is -2.35. The van der Waals surface area contributed by atoms with Gasteiger partial charge in [-0.05, 0) is 43.2 Å². The van der Waals surface area contributed by atoms with Crippen LogP contribution in [-0.4, -0.2) is 39.1 Å². The van der Waals surface area contributed by atoms with Crippen LogP contribution in [0.5, 0.6) is 0 Å². The second kappa shape index (κ2) is 7.67. The molecule has 0 aliphatic carbocycles. The van der Waals surface area contributed by atoms with E-state index in [1.165, 1.54) is 4.90 Å². The summed E-state index contributed by atoms with van der Waals surface area (Å²) in [5, 5.41) is 6.67. The molecule has 0 saturated carbocycles. The quantitative estimate of drug-likeness (QED) is 0.646. The minimum atomic E-state index is -1.88. The highest BCUT2D eigenvalue weighted by Gasteiger charge is 2.44. The fraction of sp³-hybridized carbons (Fsp3) is 0.263. The Labute approximate surface area is 169 Å². The van der Waals surface area contributed by atoms with Crippen molar-refractivity contribution in [1.82, 2.24) is 20.0 Å². The van der Waals surface area contributed by atoms with Crippen molar-refractivity contribution in [2.75, 3.05) is 18.4 Å². The van der Waals surface area contributed by atoms with E-state index in [9.17, 15) is 4.79 Å². The molecule has 1 fully saturated rings. The molecule has 2 aromatic heterocycles. The Morgan fingerprint density at radius 3 is 2.89 bits per heavy atom. The summed E-state index contributed by atoms with van der Waals surface area (Å²) in [6.45, 7) is 0.307. The number of hydrogen-bond donors (Lipinski definition) is 1. The molecule has 4 rings (SSSR count). The summed E-state index contributed by atoms with van der Waals surface area (Å²) in [7, 11) is 0. The number of alkyl halides is 1. The molecule has 3 aromatic rings. The number of hydrogen-bond acceptors (Lipinski definition) is 5. The van der Waals surface area contributed by atoms with E-state index in [2.05, 4.69) is 36.4 Å². The van der Waals surface area contributed by atoms with E-state index in [1.54, 1.807) is 36.7 Å². The van der Waals surface area contributed by atoms with Gasteiger partial charge in [0.2, 0.25) is 11.5 Å². The molecule has 1 N–H and O–H groups in total. The number of urea groups is 1. The van der Waals surface area contributed by atoms with E-state index in [1.807, 2.05) is 12.1 Å². The van der Waals surface area contributed by atoms with E-state index in [-0.39, 0.29) is 24.9 Å². The van der Waals surface area contributed by atoms with E-state index in [0.717, 1.165) is 4.47 Å². The Morgan fingerprint density at radius 2 is 2.11 bits per heavy atom. The number of halogens is 2. The first-order valence-electron chi connectivity index (χ1n) is 8.78. The Kier molecular flexibility index (Phi) is 5.08. The Hall–Kier alpha value is -2.81. The molecular weight excluding hydrogens is 429 g/mol. The molecule has 2 amide bonds. The van der Waals surface area contributed by atoms with E-state index < -0.39 is 5.67 Å². The van der Waals surface area contributed by atoms with Crippen molar-refractivity contribution in [2.24, 2.45) is 0 Å². The average Bonchev–Trinajstić information content (AvgIpc) is 3.20. The van der Waals surface area contributed by atoms with Gasteiger partial charge >= 0.3 is 6.03 Å². The molecule has 1 aliphatic rings. The molecule has 0 spiro atoms. The van der Waals surface area contributed by atoms with Crippen LogP contribution in [-0.2, 0) is 5.67 Å². The molecule has 0 radical (unpaired) electrons. The van der Waals surface area contributed by atoms with E-state index in [0.29, 0.717) is 30.0 Å².